The highest BCUT2D eigenvalue weighted by molar-refractivity contribution is 5.91. The lowest BCUT2D eigenvalue weighted by Gasteiger charge is -2.27. The Bertz CT molecular complexity index is 3000. The van der Waals surface area contributed by atoms with Crippen LogP contribution in [-0.2, 0) is 45.3 Å². The Morgan fingerprint density at radius 1 is 0.630 bits per heavy atom. The number of carbonyl (C=O) groups excluding carboxylic acids is 2. The van der Waals surface area contributed by atoms with Crippen LogP contribution in [0.1, 0.15) is 144 Å². The number of hydrogen-bond donors (Lipinski definition) is 1. The highest BCUT2D eigenvalue weighted by Gasteiger charge is 2.22. The minimum Gasteiger partial charge on any atom is -0.468 e. The Hall–Kier alpha value is -6.12. The minimum atomic E-state index is -0.146. The molecule has 0 bridgehead atoms. The molecule has 1 N–H and O–H groups in total. The van der Waals surface area contributed by atoms with Crippen molar-refractivity contribution >= 4 is 33.9 Å². The summed E-state index contributed by atoms with van der Waals surface area (Å²) in [5.74, 6) is 2.30. The average Bonchev–Trinajstić information content (AvgIpc) is 4.29. The number of aromatic nitrogens is 2. The molecule has 13 heteroatoms. The second-order valence-corrected chi connectivity index (χ2v) is 20.3. The number of hydrogen-bond acceptors (Lipinski definition) is 11. The predicted octanol–water partition coefficient (Wildman–Crippen LogP) is 10.6. The molecular weight excluding hydrogens is 917 g/mol. The lowest BCUT2D eigenvalue weighted by Crippen LogP contribution is -2.36. The SMILES string of the molecule is CC(=O)c1ccco1.CC(c1ccco1)N(C)Cc1cc2cc3c(cc2n(CCN2CCCCC2)c1=O)CCC3.CNC(C)c1ccco1.O=Cc1cc2cc3c(cc2n(CCN2CCCCC2)c1=O)CCC3. The summed E-state index contributed by atoms with van der Waals surface area (Å²) in [5, 5.41) is 5.30. The normalized spacial score (nSPS) is 16.4. The molecule has 11 rings (SSSR count). The quantitative estimate of drug-likeness (QED) is 0.0823. The number of Topliss-reactive ketones (excluding diaryl/α,β-unsaturated/α-hetero) is 1. The predicted molar refractivity (Wildman–Crippen MR) is 290 cm³/mol. The van der Waals surface area contributed by atoms with Crippen LogP contribution in [0.3, 0.4) is 0 Å². The monoisotopic (exact) mass is 993 g/mol. The smallest absolute Gasteiger partial charge is 0.261 e. The number of fused-ring (bicyclic) bond motifs is 4. The molecule has 0 amide bonds. The molecule has 7 aromatic rings. The van der Waals surface area contributed by atoms with Crippen molar-refractivity contribution in [2.24, 2.45) is 0 Å². The van der Waals surface area contributed by atoms with E-state index in [9.17, 15) is 19.2 Å². The molecule has 13 nitrogen and oxygen atoms in total. The number of piperidine rings is 2. The number of ketones is 1. The largest absolute Gasteiger partial charge is 0.468 e. The van der Waals surface area contributed by atoms with E-state index >= 15 is 0 Å². The van der Waals surface area contributed by atoms with E-state index in [1.54, 1.807) is 30.7 Å². The maximum atomic E-state index is 13.7. The molecule has 2 unspecified atom stereocenters. The van der Waals surface area contributed by atoms with E-state index in [0.717, 1.165) is 105 Å². The number of rotatable bonds is 14. The molecule has 2 aromatic carbocycles. The van der Waals surface area contributed by atoms with Crippen LogP contribution in [0.2, 0.25) is 0 Å². The van der Waals surface area contributed by atoms with Crippen LogP contribution in [0.15, 0.2) is 114 Å². The van der Waals surface area contributed by atoms with Crippen LogP contribution in [0, 0.1) is 0 Å². The number of nitrogens with zero attached hydrogens (tertiary/aromatic N) is 5. The van der Waals surface area contributed by atoms with Gasteiger partial charge in [-0.3, -0.25) is 24.1 Å². The summed E-state index contributed by atoms with van der Waals surface area (Å²) in [7, 11) is 3.98. The zero-order valence-corrected chi connectivity index (χ0v) is 43.8. The summed E-state index contributed by atoms with van der Waals surface area (Å²) < 4.78 is 19.4. The number of carbonyl (C=O) groups is 2. The fourth-order valence-electron chi connectivity index (χ4n) is 10.8. The van der Waals surface area contributed by atoms with Gasteiger partial charge in [0.2, 0.25) is 0 Å². The summed E-state index contributed by atoms with van der Waals surface area (Å²) in [6.07, 6.45) is 20.2. The van der Waals surface area contributed by atoms with Gasteiger partial charge in [-0.15, -0.1) is 0 Å². The second-order valence-electron chi connectivity index (χ2n) is 20.3. The maximum absolute atomic E-state index is 13.7. The number of pyridine rings is 2. The van der Waals surface area contributed by atoms with E-state index in [1.807, 2.05) is 35.9 Å². The highest BCUT2D eigenvalue weighted by atomic mass is 16.3. The van der Waals surface area contributed by atoms with Crippen molar-refractivity contribution in [3.05, 3.63) is 163 Å². The van der Waals surface area contributed by atoms with E-state index in [1.165, 1.54) is 92.2 Å². The van der Waals surface area contributed by atoms with Crippen molar-refractivity contribution in [2.45, 2.75) is 130 Å². The van der Waals surface area contributed by atoms with Crippen LogP contribution in [-0.4, -0.2) is 89.3 Å². The molecule has 2 saturated heterocycles. The van der Waals surface area contributed by atoms with Crippen molar-refractivity contribution < 1.29 is 22.8 Å². The molecule has 2 atom stereocenters. The minimum absolute atomic E-state index is 0.0324. The van der Waals surface area contributed by atoms with E-state index in [4.69, 9.17) is 13.3 Å². The Morgan fingerprint density at radius 2 is 1.12 bits per heavy atom. The van der Waals surface area contributed by atoms with Crippen LogP contribution in [0.5, 0.6) is 0 Å². The van der Waals surface area contributed by atoms with Crippen LogP contribution in [0.4, 0.5) is 0 Å². The van der Waals surface area contributed by atoms with E-state index < -0.39 is 0 Å². The molecule has 0 saturated carbocycles. The van der Waals surface area contributed by atoms with Crippen molar-refractivity contribution in [3.63, 3.8) is 0 Å². The Kier molecular flexibility index (Phi) is 18.7. The highest BCUT2D eigenvalue weighted by Crippen LogP contribution is 2.30. The van der Waals surface area contributed by atoms with Crippen LogP contribution < -0.4 is 16.4 Å². The third-order valence-corrected chi connectivity index (χ3v) is 15.3. The standard InChI is InChI=1S/C27H35N3O2.C20H24N2O2.C7H11NO.C6H6O2/c1-20(26-10-7-15-32-26)28(2)19-24-17-23-16-21-8-6-9-22(21)18-25(23)30(27(24)31)14-13-29-11-4-3-5-12-29;23-14-18-12-17-11-15-5-4-6-16(15)13-19(17)22(20(18)24)10-9-21-7-2-1-3-8-21;1-6(8-2)7-4-3-5-9-7;1-5(7)6-3-2-4-8-6/h7,10,15-18,20H,3-6,8-9,11-14,19H2,1-2H3;11-14H,1-10H2;3-6,8H,1-2H3;2-4H,1H3. The molecule has 4 aliphatic rings. The number of aryl methyl sites for hydroxylation is 4. The molecule has 2 aliphatic carbocycles. The van der Waals surface area contributed by atoms with Gasteiger partial charge in [-0.05, 0) is 224 Å². The van der Waals surface area contributed by atoms with Gasteiger partial charge in [0.1, 0.15) is 11.5 Å². The van der Waals surface area contributed by atoms with E-state index in [2.05, 4.69) is 75.8 Å². The fraction of sp³-hybridized carbons (Fsp3) is 0.467. The lowest BCUT2D eigenvalue weighted by atomic mass is 10.0. The van der Waals surface area contributed by atoms with Gasteiger partial charge in [-0.1, -0.05) is 12.8 Å². The number of furan rings is 3. The average molecular weight is 993 g/mol. The second kappa shape index (κ2) is 25.7. The molecule has 0 spiro atoms. The number of benzene rings is 2. The van der Waals surface area contributed by atoms with Crippen molar-refractivity contribution in [1.82, 2.24) is 29.2 Å². The summed E-state index contributed by atoms with van der Waals surface area (Å²) in [6, 6.07) is 24.4. The first kappa shape index (κ1) is 53.2. The van der Waals surface area contributed by atoms with Crippen LogP contribution >= 0.6 is 0 Å². The van der Waals surface area contributed by atoms with Gasteiger partial charge >= 0.3 is 0 Å². The van der Waals surface area contributed by atoms with E-state index in [0.29, 0.717) is 31.2 Å². The Labute approximate surface area is 430 Å². The van der Waals surface area contributed by atoms with Gasteiger partial charge in [0.25, 0.3) is 11.1 Å². The van der Waals surface area contributed by atoms with Crippen molar-refractivity contribution in [1.29, 1.82) is 0 Å². The first-order chi connectivity index (χ1) is 35.5. The summed E-state index contributed by atoms with van der Waals surface area (Å²) in [5.41, 5.74) is 8.89. The third kappa shape index (κ3) is 13.5. The van der Waals surface area contributed by atoms with Gasteiger partial charge < -0.3 is 37.5 Å². The summed E-state index contributed by atoms with van der Waals surface area (Å²) in [4.78, 5) is 55.3. The van der Waals surface area contributed by atoms with Gasteiger partial charge in [0.05, 0.1) is 47.5 Å². The molecule has 388 valence electrons. The first-order valence-corrected chi connectivity index (χ1v) is 26.8. The molecule has 5 aromatic heterocycles. The molecular formula is C60H76N6O7. The zero-order valence-electron chi connectivity index (χ0n) is 43.8. The van der Waals surface area contributed by atoms with Crippen molar-refractivity contribution in [3.8, 4) is 0 Å². The zero-order chi connectivity index (χ0) is 51.3. The third-order valence-electron chi connectivity index (χ3n) is 15.3. The Balaban J connectivity index is 0.000000150. The van der Waals surface area contributed by atoms with Crippen LogP contribution in [0.25, 0.3) is 21.8 Å². The van der Waals surface area contributed by atoms with Crippen molar-refractivity contribution in [2.75, 3.05) is 53.4 Å². The first-order valence-electron chi connectivity index (χ1n) is 26.8. The Morgan fingerprint density at radius 3 is 1.59 bits per heavy atom. The number of likely N-dealkylation sites (tertiary alicyclic amines) is 2. The van der Waals surface area contributed by atoms with Gasteiger partial charge in [-0.25, -0.2) is 0 Å². The molecule has 0 radical (unpaired) electrons. The summed E-state index contributed by atoms with van der Waals surface area (Å²) >= 11 is 0. The topological polar surface area (TPSA) is 139 Å². The van der Waals surface area contributed by atoms with Gasteiger partial charge in [0, 0.05) is 45.2 Å². The van der Waals surface area contributed by atoms with Gasteiger partial charge in [0.15, 0.2) is 17.8 Å². The number of nitrogens with one attached hydrogen (secondary N) is 1. The fourth-order valence-corrected chi connectivity index (χ4v) is 10.8. The maximum Gasteiger partial charge on any atom is 0.261 e. The van der Waals surface area contributed by atoms with Gasteiger partial charge in [-0.2, -0.15) is 0 Å². The molecule has 2 fully saturated rings. The summed E-state index contributed by atoms with van der Waals surface area (Å²) in [6.45, 7) is 14.1. The number of aldehydes is 1. The van der Waals surface area contributed by atoms with E-state index in [-0.39, 0.29) is 28.5 Å². The lowest BCUT2D eigenvalue weighted by molar-refractivity contribution is 0.0986. The molecule has 7 heterocycles. The molecule has 2 aliphatic heterocycles. The molecule has 73 heavy (non-hydrogen) atoms.